The lowest BCUT2D eigenvalue weighted by Crippen LogP contribution is -2.43. The van der Waals surface area contributed by atoms with Gasteiger partial charge in [-0.3, -0.25) is 0 Å². The van der Waals surface area contributed by atoms with E-state index in [0.717, 1.165) is 0 Å². The van der Waals surface area contributed by atoms with Gasteiger partial charge in [-0.2, -0.15) is 0 Å². The number of rotatable bonds is 8. The van der Waals surface area contributed by atoms with Gasteiger partial charge in [0.15, 0.2) is 6.61 Å². The van der Waals surface area contributed by atoms with E-state index in [9.17, 15) is 14.4 Å². The highest BCUT2D eigenvalue weighted by atomic mass is 16.6. The Morgan fingerprint density at radius 1 is 0.760 bits per heavy atom. The molecule has 0 radical (unpaired) electrons. The van der Waals surface area contributed by atoms with Crippen LogP contribution < -0.4 is 0 Å². The Kier molecular flexibility index (Phi) is 5.86. The van der Waals surface area contributed by atoms with Crippen LogP contribution in [0.3, 0.4) is 0 Å². The summed E-state index contributed by atoms with van der Waals surface area (Å²) in [5.74, 6) is -3.61. The molecule has 2 aromatic carbocycles. The summed E-state index contributed by atoms with van der Waals surface area (Å²) in [4.78, 5) is 34.6. The van der Waals surface area contributed by atoms with E-state index < -0.39 is 36.7 Å². The summed E-state index contributed by atoms with van der Waals surface area (Å²) in [7, 11) is 0. The van der Waals surface area contributed by atoms with E-state index in [1.165, 1.54) is 0 Å². The van der Waals surface area contributed by atoms with Gasteiger partial charge in [0.2, 0.25) is 5.60 Å². The van der Waals surface area contributed by atoms with Crippen LogP contribution in [0.25, 0.3) is 0 Å². The summed E-state index contributed by atoms with van der Waals surface area (Å²) < 4.78 is 10.3. The number of hydrogen-bond acceptors (Lipinski definition) is 5. The maximum atomic E-state index is 12.8. The van der Waals surface area contributed by atoms with Crippen LogP contribution in [0.5, 0.6) is 0 Å². The number of aliphatic carboxylic acids is 2. The first kappa shape index (κ1) is 18.2. The minimum atomic E-state index is -1.89. The molecule has 0 heterocycles. The maximum Gasteiger partial charge on any atom is 0.348 e. The molecule has 7 heteroatoms. The predicted octanol–water partition coefficient (Wildman–Crippen LogP) is 1.66. The highest BCUT2D eigenvalue weighted by molar-refractivity contribution is 5.87. The number of carboxylic acids is 2. The minimum Gasteiger partial charge on any atom is -0.480 e. The summed E-state index contributed by atoms with van der Waals surface area (Å²) in [6, 6.07) is 16.4. The lowest BCUT2D eigenvalue weighted by molar-refractivity contribution is -0.176. The summed E-state index contributed by atoms with van der Waals surface area (Å²) in [5.41, 5.74) is -1.23. The van der Waals surface area contributed by atoms with Crippen LogP contribution in [-0.2, 0) is 29.5 Å². The molecule has 2 aromatic rings. The fourth-order valence-corrected chi connectivity index (χ4v) is 2.37. The standard InChI is InChI=1S/C18H16O7/c19-15(20)11-24-17(23)18(25-12-16(21)22,13-7-3-1-4-8-13)14-9-5-2-6-10-14/h1-10H,11-12H2,(H,19,20)(H,21,22). The molecule has 0 saturated carbocycles. The lowest BCUT2D eigenvalue weighted by Gasteiger charge is -2.31. The van der Waals surface area contributed by atoms with Crippen molar-refractivity contribution in [3.63, 3.8) is 0 Å². The Balaban J connectivity index is 2.58. The minimum absolute atomic E-state index is 0.331. The van der Waals surface area contributed by atoms with E-state index in [-0.39, 0.29) is 0 Å². The molecule has 0 amide bonds. The number of carbonyl (C=O) groups excluding carboxylic acids is 1. The van der Waals surface area contributed by atoms with Gasteiger partial charge in [0.25, 0.3) is 0 Å². The average Bonchev–Trinajstić information content (AvgIpc) is 2.62. The molecule has 0 bridgehead atoms. The molecule has 0 saturated heterocycles. The molecule has 0 fully saturated rings. The zero-order chi connectivity index (χ0) is 18.3. The number of carbonyl (C=O) groups is 3. The van der Waals surface area contributed by atoms with Gasteiger partial charge in [-0.25, -0.2) is 14.4 Å². The zero-order valence-electron chi connectivity index (χ0n) is 13.1. The number of hydrogen-bond donors (Lipinski definition) is 2. The van der Waals surface area contributed by atoms with Gasteiger partial charge in [-0.15, -0.1) is 0 Å². The normalized spacial score (nSPS) is 10.9. The molecule has 130 valence electrons. The van der Waals surface area contributed by atoms with Crippen molar-refractivity contribution in [3.05, 3.63) is 71.8 Å². The summed E-state index contributed by atoms with van der Waals surface area (Å²) in [6.45, 7) is -1.64. The summed E-state index contributed by atoms with van der Waals surface area (Å²) in [6.07, 6.45) is 0. The van der Waals surface area contributed by atoms with Crippen LogP contribution in [0.15, 0.2) is 60.7 Å². The van der Waals surface area contributed by atoms with Crippen molar-refractivity contribution in [2.75, 3.05) is 13.2 Å². The van der Waals surface area contributed by atoms with E-state index >= 15 is 0 Å². The first-order chi connectivity index (χ1) is 12.0. The first-order valence-corrected chi connectivity index (χ1v) is 7.32. The number of esters is 1. The third-order valence-corrected chi connectivity index (χ3v) is 3.39. The fraction of sp³-hybridized carbons (Fsp3) is 0.167. The molecule has 0 unspecified atom stereocenters. The smallest absolute Gasteiger partial charge is 0.348 e. The van der Waals surface area contributed by atoms with Crippen molar-refractivity contribution in [1.82, 2.24) is 0 Å². The highest BCUT2D eigenvalue weighted by Crippen LogP contribution is 2.35. The fourth-order valence-electron chi connectivity index (χ4n) is 2.37. The molecular formula is C18H16O7. The second kappa shape index (κ2) is 8.07. The predicted molar refractivity (Wildman–Crippen MR) is 85.8 cm³/mol. The van der Waals surface area contributed by atoms with Gasteiger partial charge in [0.1, 0.15) is 6.61 Å². The monoisotopic (exact) mass is 344 g/mol. The van der Waals surface area contributed by atoms with Crippen LogP contribution in [0.2, 0.25) is 0 Å². The van der Waals surface area contributed by atoms with Crippen molar-refractivity contribution in [2.24, 2.45) is 0 Å². The third-order valence-electron chi connectivity index (χ3n) is 3.39. The molecule has 0 aromatic heterocycles. The Labute approximate surface area is 143 Å². The zero-order valence-corrected chi connectivity index (χ0v) is 13.1. The van der Waals surface area contributed by atoms with Crippen LogP contribution in [0.1, 0.15) is 11.1 Å². The molecule has 0 aliphatic heterocycles. The molecule has 0 atom stereocenters. The van der Waals surface area contributed by atoms with Gasteiger partial charge in [-0.05, 0) is 11.1 Å². The number of ether oxygens (including phenoxy) is 2. The van der Waals surface area contributed by atoms with Gasteiger partial charge in [-0.1, -0.05) is 60.7 Å². The van der Waals surface area contributed by atoms with E-state index in [1.807, 2.05) is 0 Å². The molecule has 0 aliphatic carbocycles. The van der Waals surface area contributed by atoms with Crippen molar-refractivity contribution in [1.29, 1.82) is 0 Å². The molecule has 7 nitrogen and oxygen atoms in total. The van der Waals surface area contributed by atoms with Gasteiger partial charge in [0.05, 0.1) is 0 Å². The Morgan fingerprint density at radius 2 is 1.20 bits per heavy atom. The Morgan fingerprint density at radius 3 is 1.60 bits per heavy atom. The van der Waals surface area contributed by atoms with E-state index in [1.54, 1.807) is 60.7 Å². The molecule has 2 N–H and O–H groups in total. The SMILES string of the molecule is O=C(O)COC(=O)C(OCC(=O)O)(c1ccccc1)c1ccccc1. The van der Waals surface area contributed by atoms with E-state index in [2.05, 4.69) is 0 Å². The summed E-state index contributed by atoms with van der Waals surface area (Å²) >= 11 is 0. The van der Waals surface area contributed by atoms with Gasteiger partial charge >= 0.3 is 17.9 Å². The molecule has 25 heavy (non-hydrogen) atoms. The maximum absolute atomic E-state index is 12.8. The van der Waals surface area contributed by atoms with Crippen LogP contribution in [0.4, 0.5) is 0 Å². The topological polar surface area (TPSA) is 110 Å². The van der Waals surface area contributed by atoms with Gasteiger partial charge in [0, 0.05) is 0 Å². The quantitative estimate of drug-likeness (QED) is 0.701. The number of benzene rings is 2. The first-order valence-electron chi connectivity index (χ1n) is 7.32. The second-order valence-electron chi connectivity index (χ2n) is 5.07. The summed E-state index contributed by atoms with van der Waals surface area (Å²) in [5, 5.41) is 17.8. The molecular weight excluding hydrogens is 328 g/mol. The highest BCUT2D eigenvalue weighted by Gasteiger charge is 2.45. The average molecular weight is 344 g/mol. The Bertz CT molecular complexity index is 701. The molecule has 0 spiro atoms. The second-order valence-corrected chi connectivity index (χ2v) is 5.07. The van der Waals surface area contributed by atoms with E-state index in [4.69, 9.17) is 19.7 Å². The molecule has 0 aliphatic rings. The van der Waals surface area contributed by atoms with Crippen LogP contribution in [0, 0.1) is 0 Å². The molecule has 2 rings (SSSR count). The lowest BCUT2D eigenvalue weighted by atomic mass is 9.86. The van der Waals surface area contributed by atoms with Crippen molar-refractivity contribution < 1.29 is 34.1 Å². The van der Waals surface area contributed by atoms with Gasteiger partial charge < -0.3 is 19.7 Å². The van der Waals surface area contributed by atoms with Crippen molar-refractivity contribution in [2.45, 2.75) is 5.60 Å². The third kappa shape index (κ3) is 4.21. The van der Waals surface area contributed by atoms with Crippen LogP contribution >= 0.6 is 0 Å². The van der Waals surface area contributed by atoms with Crippen molar-refractivity contribution in [3.8, 4) is 0 Å². The van der Waals surface area contributed by atoms with Crippen molar-refractivity contribution >= 4 is 17.9 Å². The Hall–Kier alpha value is -3.19. The largest absolute Gasteiger partial charge is 0.480 e. The van der Waals surface area contributed by atoms with E-state index in [0.29, 0.717) is 11.1 Å². The van der Waals surface area contributed by atoms with Crippen LogP contribution in [-0.4, -0.2) is 41.3 Å². The number of carboxylic acid groups (broad SMARTS) is 2.